The molecule has 0 heterocycles. The average molecular weight is 331 g/mol. The zero-order valence-corrected chi connectivity index (χ0v) is 14.2. The zero-order valence-electron chi connectivity index (χ0n) is 13.3. The van der Waals surface area contributed by atoms with E-state index in [-0.39, 0.29) is 5.92 Å². The third-order valence-corrected chi connectivity index (χ3v) is 6.31. The van der Waals surface area contributed by atoms with Crippen LogP contribution in [0.5, 0.6) is 0 Å². The van der Waals surface area contributed by atoms with E-state index >= 15 is 0 Å². The van der Waals surface area contributed by atoms with Crippen LogP contribution in [0.2, 0.25) is 0 Å². The summed E-state index contributed by atoms with van der Waals surface area (Å²) < 4.78 is 13.7. The van der Waals surface area contributed by atoms with Gasteiger partial charge in [-0.25, -0.2) is 5.09 Å². The van der Waals surface area contributed by atoms with Crippen molar-refractivity contribution in [3.8, 4) is 0 Å². The molecule has 0 amide bonds. The predicted octanol–water partition coefficient (Wildman–Crippen LogP) is 3.00. The Morgan fingerprint density at radius 1 is 1.00 bits per heavy atom. The van der Waals surface area contributed by atoms with E-state index in [1.807, 2.05) is 50.2 Å². The van der Waals surface area contributed by atoms with Crippen LogP contribution in [-0.4, -0.2) is 17.1 Å². The van der Waals surface area contributed by atoms with E-state index in [1.54, 1.807) is 24.3 Å². The van der Waals surface area contributed by atoms with Crippen molar-refractivity contribution in [2.45, 2.75) is 26.3 Å². The Kier molecular flexibility index (Phi) is 5.75. The standard InChI is InChI=1S/C18H22NO3P/c1-14(2)13-17(18(20)21)19-23(22,15-9-5-3-6-10-15)16-11-7-4-8-12-16/h3-12,14,17H,13H2,1-2H3,(H,19,22)(H,20,21). The highest BCUT2D eigenvalue weighted by Crippen LogP contribution is 2.39. The zero-order chi connectivity index (χ0) is 16.9. The molecular weight excluding hydrogens is 309 g/mol. The Morgan fingerprint density at radius 3 is 1.78 bits per heavy atom. The Balaban J connectivity index is 2.46. The molecular formula is C18H22NO3P. The molecule has 2 N–H and O–H groups in total. The minimum Gasteiger partial charge on any atom is -0.480 e. The summed E-state index contributed by atoms with van der Waals surface area (Å²) in [6.07, 6.45) is 0.416. The number of benzene rings is 2. The Morgan fingerprint density at radius 2 is 1.43 bits per heavy atom. The second-order valence-corrected chi connectivity index (χ2v) is 8.44. The van der Waals surface area contributed by atoms with Gasteiger partial charge >= 0.3 is 5.97 Å². The highest BCUT2D eigenvalue weighted by Gasteiger charge is 2.33. The predicted molar refractivity (Wildman–Crippen MR) is 93.8 cm³/mol. The SMILES string of the molecule is CC(C)CC(NP(=O)(c1ccccc1)c1ccccc1)C(=O)O. The molecule has 0 saturated heterocycles. The van der Waals surface area contributed by atoms with Crippen LogP contribution in [0.3, 0.4) is 0 Å². The van der Waals surface area contributed by atoms with Crippen LogP contribution in [-0.2, 0) is 9.36 Å². The number of carbonyl (C=O) groups is 1. The molecule has 2 rings (SSSR count). The van der Waals surface area contributed by atoms with Crippen LogP contribution in [0, 0.1) is 5.92 Å². The highest BCUT2D eigenvalue weighted by molar-refractivity contribution is 7.77. The molecule has 0 radical (unpaired) electrons. The maximum Gasteiger partial charge on any atom is 0.321 e. The van der Waals surface area contributed by atoms with E-state index in [0.29, 0.717) is 17.0 Å². The van der Waals surface area contributed by atoms with Gasteiger partial charge in [-0.3, -0.25) is 9.36 Å². The van der Waals surface area contributed by atoms with Crippen molar-refractivity contribution < 1.29 is 14.5 Å². The molecule has 0 aliphatic heterocycles. The molecule has 4 nitrogen and oxygen atoms in total. The Hall–Kier alpha value is -1.90. The van der Waals surface area contributed by atoms with Crippen molar-refractivity contribution in [3.63, 3.8) is 0 Å². The van der Waals surface area contributed by atoms with Crippen LogP contribution in [0.4, 0.5) is 0 Å². The van der Waals surface area contributed by atoms with E-state index in [1.165, 1.54) is 0 Å². The van der Waals surface area contributed by atoms with Crippen LogP contribution in [0.15, 0.2) is 60.7 Å². The van der Waals surface area contributed by atoms with Gasteiger partial charge in [-0.2, -0.15) is 0 Å². The van der Waals surface area contributed by atoms with Crippen molar-refractivity contribution in [1.82, 2.24) is 5.09 Å². The lowest BCUT2D eigenvalue weighted by Gasteiger charge is -2.25. The summed E-state index contributed by atoms with van der Waals surface area (Å²) in [5, 5.41) is 13.7. The summed E-state index contributed by atoms with van der Waals surface area (Å²) >= 11 is 0. The molecule has 0 aliphatic rings. The van der Waals surface area contributed by atoms with Crippen molar-refractivity contribution in [2.24, 2.45) is 5.92 Å². The lowest BCUT2D eigenvalue weighted by Crippen LogP contribution is -2.40. The summed E-state index contributed by atoms with van der Waals surface area (Å²) in [5.74, 6) is -0.797. The molecule has 1 atom stereocenters. The maximum absolute atomic E-state index is 13.7. The van der Waals surface area contributed by atoms with E-state index in [9.17, 15) is 14.5 Å². The van der Waals surface area contributed by atoms with E-state index in [2.05, 4.69) is 5.09 Å². The number of hydrogen-bond acceptors (Lipinski definition) is 2. The average Bonchev–Trinajstić information content (AvgIpc) is 2.55. The van der Waals surface area contributed by atoms with Crippen molar-refractivity contribution >= 4 is 23.9 Å². The second kappa shape index (κ2) is 7.58. The lowest BCUT2D eigenvalue weighted by molar-refractivity contribution is -0.139. The first-order valence-corrected chi connectivity index (χ1v) is 9.36. The van der Waals surface area contributed by atoms with Gasteiger partial charge in [0.25, 0.3) is 0 Å². The van der Waals surface area contributed by atoms with Crippen molar-refractivity contribution in [3.05, 3.63) is 60.7 Å². The number of carboxylic acids is 1. The minimum atomic E-state index is -3.22. The fourth-order valence-electron chi connectivity index (χ4n) is 2.47. The third kappa shape index (κ3) is 4.31. The molecule has 2 aromatic carbocycles. The summed E-state index contributed by atoms with van der Waals surface area (Å²) in [4.78, 5) is 11.6. The van der Waals surface area contributed by atoms with Gasteiger partial charge in [0.05, 0.1) is 0 Å². The van der Waals surface area contributed by atoms with E-state index < -0.39 is 19.3 Å². The van der Waals surface area contributed by atoms with Crippen molar-refractivity contribution in [1.29, 1.82) is 0 Å². The molecule has 5 heteroatoms. The molecule has 0 aliphatic carbocycles. The van der Waals surface area contributed by atoms with Crippen molar-refractivity contribution in [2.75, 3.05) is 0 Å². The molecule has 0 bridgehead atoms. The normalized spacial score (nSPS) is 13.0. The maximum atomic E-state index is 13.7. The van der Waals surface area contributed by atoms with E-state index in [0.717, 1.165) is 0 Å². The van der Waals surface area contributed by atoms with Gasteiger partial charge in [0.2, 0.25) is 7.29 Å². The quantitative estimate of drug-likeness (QED) is 0.766. The van der Waals surface area contributed by atoms with Gasteiger partial charge in [-0.05, 0) is 36.6 Å². The van der Waals surface area contributed by atoms with Gasteiger partial charge in [0.1, 0.15) is 6.04 Å². The number of carboxylic acid groups (broad SMARTS) is 1. The van der Waals surface area contributed by atoms with Gasteiger partial charge in [-0.1, -0.05) is 50.2 Å². The minimum absolute atomic E-state index is 0.184. The first-order chi connectivity index (χ1) is 10.9. The third-order valence-electron chi connectivity index (χ3n) is 3.58. The summed E-state index contributed by atoms with van der Waals surface area (Å²) in [5.41, 5.74) is 0. The van der Waals surface area contributed by atoms with Crippen LogP contribution in [0.25, 0.3) is 0 Å². The number of aliphatic carboxylic acids is 1. The monoisotopic (exact) mass is 331 g/mol. The van der Waals surface area contributed by atoms with Gasteiger partial charge < -0.3 is 5.11 Å². The van der Waals surface area contributed by atoms with Crippen LogP contribution in [0.1, 0.15) is 20.3 Å². The first kappa shape index (κ1) is 17.5. The topological polar surface area (TPSA) is 66.4 Å². The van der Waals surface area contributed by atoms with Gasteiger partial charge in [0, 0.05) is 10.6 Å². The molecule has 1 unspecified atom stereocenters. The molecule has 0 aromatic heterocycles. The molecule has 0 saturated carbocycles. The summed E-state index contributed by atoms with van der Waals surface area (Å²) in [6, 6.07) is 17.2. The largest absolute Gasteiger partial charge is 0.480 e. The highest BCUT2D eigenvalue weighted by atomic mass is 31.2. The first-order valence-electron chi connectivity index (χ1n) is 7.65. The van der Waals surface area contributed by atoms with Crippen LogP contribution < -0.4 is 15.7 Å². The lowest BCUT2D eigenvalue weighted by atomic mass is 10.1. The fraction of sp³-hybridized carbons (Fsp3) is 0.278. The number of hydrogen-bond donors (Lipinski definition) is 2. The number of rotatable bonds is 7. The molecule has 2 aromatic rings. The molecule has 0 fully saturated rings. The fourth-order valence-corrected chi connectivity index (χ4v) is 4.91. The number of nitrogens with one attached hydrogen (secondary N) is 1. The summed E-state index contributed by atoms with van der Waals surface area (Å²) in [6.45, 7) is 3.90. The van der Waals surface area contributed by atoms with E-state index in [4.69, 9.17) is 0 Å². The smallest absolute Gasteiger partial charge is 0.321 e. The Bertz CT molecular complexity index is 642. The van der Waals surface area contributed by atoms with Crippen LogP contribution >= 0.6 is 7.29 Å². The Labute approximate surface area is 137 Å². The molecule has 122 valence electrons. The second-order valence-electron chi connectivity index (χ2n) is 5.93. The summed E-state index contributed by atoms with van der Waals surface area (Å²) in [7, 11) is -3.22. The van der Waals surface area contributed by atoms with Gasteiger partial charge in [-0.15, -0.1) is 0 Å². The molecule has 0 spiro atoms. The molecule has 23 heavy (non-hydrogen) atoms. The van der Waals surface area contributed by atoms with Gasteiger partial charge in [0.15, 0.2) is 0 Å².